The highest BCUT2D eigenvalue weighted by molar-refractivity contribution is 6.60. The van der Waals surface area contributed by atoms with E-state index in [9.17, 15) is 9.70 Å². The summed E-state index contributed by atoms with van der Waals surface area (Å²) < 4.78 is 15.8. The summed E-state index contributed by atoms with van der Waals surface area (Å²) in [5, 5.41) is 2.75. The van der Waals surface area contributed by atoms with E-state index in [-0.39, 0.29) is 12.5 Å². The molecule has 0 radical (unpaired) electrons. The quantitative estimate of drug-likeness (QED) is 0.438. The molecule has 7 nitrogen and oxygen atoms in total. The molecule has 0 saturated carbocycles. The lowest BCUT2D eigenvalue weighted by Gasteiger charge is -2.26. The van der Waals surface area contributed by atoms with Gasteiger partial charge in [0.2, 0.25) is 5.91 Å². The molecule has 0 saturated heterocycles. The first-order valence-corrected chi connectivity index (χ1v) is 7.68. The molecule has 0 spiro atoms. The number of rotatable bonds is 10. The Bertz CT molecular complexity index is 252. The Labute approximate surface area is 109 Å². The van der Waals surface area contributed by atoms with Crippen LogP contribution in [0.2, 0.25) is 6.04 Å². The molecule has 0 aromatic rings. The van der Waals surface area contributed by atoms with E-state index in [2.05, 4.69) is 5.18 Å². The predicted molar refractivity (Wildman–Crippen MR) is 69.1 cm³/mol. The standard InChI is InChI=1S/C10H22N2O5Si/c1-10(13)12(8-6-11-14)7-5-9-18(15-2,16-3)17-4/h5-9H2,1-4H3. The molecule has 0 unspecified atom stereocenters. The second-order valence-corrected chi connectivity index (χ2v) is 6.85. The Morgan fingerprint density at radius 2 is 1.72 bits per heavy atom. The minimum atomic E-state index is -2.57. The van der Waals surface area contributed by atoms with Gasteiger partial charge in [0.1, 0.15) is 0 Å². The topological polar surface area (TPSA) is 77.4 Å². The number of carbonyl (C=O) groups is 1. The average Bonchev–Trinajstić information content (AvgIpc) is 2.38. The minimum Gasteiger partial charge on any atom is -0.377 e. The first kappa shape index (κ1) is 17.2. The maximum Gasteiger partial charge on any atom is 0.500 e. The number of hydrogen-bond donors (Lipinski definition) is 0. The van der Waals surface area contributed by atoms with Crippen molar-refractivity contribution >= 4 is 14.7 Å². The van der Waals surface area contributed by atoms with Crippen molar-refractivity contribution in [1.82, 2.24) is 4.90 Å². The molecule has 18 heavy (non-hydrogen) atoms. The number of hydrogen-bond acceptors (Lipinski definition) is 6. The van der Waals surface area contributed by atoms with Crippen LogP contribution >= 0.6 is 0 Å². The highest BCUT2D eigenvalue weighted by atomic mass is 28.4. The molecule has 0 heterocycles. The Hall–Kier alpha value is -0.833. The fourth-order valence-electron chi connectivity index (χ4n) is 1.63. The van der Waals surface area contributed by atoms with Crippen LogP contribution < -0.4 is 0 Å². The van der Waals surface area contributed by atoms with Crippen molar-refractivity contribution in [3.63, 3.8) is 0 Å². The SMILES string of the molecule is CO[Si](CCCN(CCN=O)C(C)=O)(OC)OC. The highest BCUT2D eigenvalue weighted by Gasteiger charge is 2.37. The van der Waals surface area contributed by atoms with Gasteiger partial charge in [-0.15, -0.1) is 0 Å². The van der Waals surface area contributed by atoms with Gasteiger partial charge >= 0.3 is 8.80 Å². The molecule has 0 fully saturated rings. The van der Waals surface area contributed by atoms with Crippen molar-refractivity contribution in [3.05, 3.63) is 4.91 Å². The van der Waals surface area contributed by atoms with E-state index in [0.717, 1.165) is 0 Å². The van der Waals surface area contributed by atoms with E-state index >= 15 is 0 Å². The van der Waals surface area contributed by atoms with Gasteiger partial charge < -0.3 is 18.2 Å². The van der Waals surface area contributed by atoms with Gasteiger partial charge in [0.25, 0.3) is 0 Å². The van der Waals surface area contributed by atoms with Gasteiger partial charge in [-0.2, -0.15) is 4.91 Å². The number of nitroso groups, excluding NO2 is 1. The van der Waals surface area contributed by atoms with Gasteiger partial charge in [-0.25, -0.2) is 0 Å². The average molecular weight is 278 g/mol. The lowest BCUT2D eigenvalue weighted by Crippen LogP contribution is -2.43. The highest BCUT2D eigenvalue weighted by Crippen LogP contribution is 2.15. The second-order valence-electron chi connectivity index (χ2n) is 3.76. The second kappa shape index (κ2) is 9.14. The van der Waals surface area contributed by atoms with Gasteiger partial charge in [-0.1, -0.05) is 5.18 Å². The third-order valence-electron chi connectivity index (χ3n) is 2.75. The van der Waals surface area contributed by atoms with Crippen LogP contribution in [-0.2, 0) is 18.1 Å². The van der Waals surface area contributed by atoms with E-state index in [1.165, 1.54) is 6.92 Å². The number of carbonyl (C=O) groups excluding carboxylic acids is 1. The number of amides is 1. The summed E-state index contributed by atoms with van der Waals surface area (Å²) in [6, 6.07) is 0.620. The van der Waals surface area contributed by atoms with E-state index in [1.807, 2.05) is 0 Å². The van der Waals surface area contributed by atoms with Gasteiger partial charge in [0.15, 0.2) is 0 Å². The largest absolute Gasteiger partial charge is 0.500 e. The van der Waals surface area contributed by atoms with Gasteiger partial charge in [-0.3, -0.25) is 4.79 Å². The van der Waals surface area contributed by atoms with Crippen molar-refractivity contribution in [3.8, 4) is 0 Å². The van der Waals surface area contributed by atoms with Crippen LogP contribution in [0.4, 0.5) is 0 Å². The summed E-state index contributed by atoms with van der Waals surface area (Å²) in [7, 11) is 2.09. The first-order chi connectivity index (χ1) is 8.55. The summed E-state index contributed by atoms with van der Waals surface area (Å²) in [6.07, 6.45) is 0.695. The smallest absolute Gasteiger partial charge is 0.377 e. The molecule has 0 N–H and O–H groups in total. The number of nitrogens with zero attached hydrogens (tertiary/aromatic N) is 2. The van der Waals surface area contributed by atoms with Crippen LogP contribution in [0.15, 0.2) is 5.18 Å². The molecule has 1 amide bonds. The normalized spacial score (nSPS) is 11.3. The van der Waals surface area contributed by atoms with Crippen molar-refractivity contribution in [2.24, 2.45) is 5.18 Å². The lowest BCUT2D eigenvalue weighted by molar-refractivity contribution is -0.128. The molecular formula is C10H22N2O5Si. The third-order valence-corrected chi connectivity index (χ3v) is 5.58. The molecule has 0 aromatic carbocycles. The fraction of sp³-hybridized carbons (Fsp3) is 0.900. The summed E-state index contributed by atoms with van der Waals surface area (Å²) in [6.45, 7) is 2.47. The van der Waals surface area contributed by atoms with Crippen molar-refractivity contribution in [2.75, 3.05) is 41.0 Å². The van der Waals surface area contributed by atoms with Crippen molar-refractivity contribution in [1.29, 1.82) is 0 Å². The van der Waals surface area contributed by atoms with Crippen LogP contribution in [0, 0.1) is 4.91 Å². The van der Waals surface area contributed by atoms with Crippen LogP contribution in [0.3, 0.4) is 0 Å². The van der Waals surface area contributed by atoms with Crippen LogP contribution in [0.1, 0.15) is 13.3 Å². The van der Waals surface area contributed by atoms with Gasteiger partial charge in [0.05, 0.1) is 6.54 Å². The van der Waals surface area contributed by atoms with E-state index in [4.69, 9.17) is 13.3 Å². The molecule has 0 aliphatic rings. The van der Waals surface area contributed by atoms with Gasteiger partial charge in [-0.05, 0) is 6.42 Å². The fourth-order valence-corrected chi connectivity index (χ4v) is 3.33. The molecule has 0 aliphatic carbocycles. The van der Waals surface area contributed by atoms with E-state index in [1.54, 1.807) is 26.2 Å². The summed E-state index contributed by atoms with van der Waals surface area (Å²) in [5.41, 5.74) is 0. The minimum absolute atomic E-state index is 0.0711. The predicted octanol–water partition coefficient (Wildman–Crippen LogP) is 0.869. The Balaban J connectivity index is 4.18. The molecule has 0 aromatic heterocycles. The molecule has 0 bridgehead atoms. The maximum absolute atomic E-state index is 11.3. The maximum atomic E-state index is 11.3. The zero-order valence-electron chi connectivity index (χ0n) is 11.5. The van der Waals surface area contributed by atoms with Crippen molar-refractivity contribution in [2.45, 2.75) is 19.4 Å². The van der Waals surface area contributed by atoms with E-state index < -0.39 is 8.80 Å². The first-order valence-electron chi connectivity index (χ1n) is 5.75. The molecule has 8 heteroatoms. The van der Waals surface area contributed by atoms with Gasteiger partial charge in [0, 0.05) is 47.4 Å². The molecule has 0 atom stereocenters. The lowest BCUT2D eigenvalue weighted by atomic mass is 10.4. The monoisotopic (exact) mass is 278 g/mol. The summed E-state index contributed by atoms with van der Waals surface area (Å²) in [4.78, 5) is 23.0. The zero-order valence-corrected chi connectivity index (χ0v) is 12.5. The molecular weight excluding hydrogens is 256 g/mol. The summed E-state index contributed by atoms with van der Waals surface area (Å²) in [5.74, 6) is -0.0711. The Morgan fingerprint density at radius 1 is 1.17 bits per heavy atom. The van der Waals surface area contributed by atoms with Crippen LogP contribution in [-0.4, -0.2) is 60.6 Å². The van der Waals surface area contributed by atoms with Crippen LogP contribution in [0.25, 0.3) is 0 Å². The zero-order chi connectivity index (χ0) is 14.0. The van der Waals surface area contributed by atoms with E-state index in [0.29, 0.717) is 25.6 Å². The molecule has 0 rings (SSSR count). The Kier molecular flexibility index (Phi) is 8.72. The molecule has 106 valence electrons. The van der Waals surface area contributed by atoms with Crippen molar-refractivity contribution < 1.29 is 18.1 Å². The molecule has 0 aliphatic heterocycles. The Morgan fingerprint density at radius 3 is 2.11 bits per heavy atom. The third kappa shape index (κ3) is 5.67. The van der Waals surface area contributed by atoms with Crippen LogP contribution in [0.5, 0.6) is 0 Å². The summed E-state index contributed by atoms with van der Waals surface area (Å²) >= 11 is 0.